The van der Waals surface area contributed by atoms with Gasteiger partial charge in [-0.2, -0.15) is 0 Å². The van der Waals surface area contributed by atoms with E-state index in [9.17, 15) is 5.11 Å². The summed E-state index contributed by atoms with van der Waals surface area (Å²) in [6, 6.07) is 8.74. The molecule has 2 aromatic rings. The average Bonchev–Trinajstić information content (AvgIpc) is 2.33. The van der Waals surface area contributed by atoms with Crippen molar-refractivity contribution in [1.29, 1.82) is 0 Å². The van der Waals surface area contributed by atoms with Gasteiger partial charge in [0, 0.05) is 17.3 Å². The number of rotatable bonds is 3. The minimum absolute atomic E-state index is 0.461. The second-order valence-electron chi connectivity index (χ2n) is 3.78. The largest absolute Gasteiger partial charge is 0.438 e. The fraction of sp³-hybridized carbons (Fsp3) is 0.154. The monoisotopic (exact) mass is 327 g/mol. The molecule has 2 rings (SSSR count). The summed E-state index contributed by atoms with van der Waals surface area (Å²) >= 11 is 9.21. The lowest BCUT2D eigenvalue weighted by molar-refractivity contribution is 0.198. The molecule has 0 fully saturated rings. The molecule has 3 nitrogen and oxygen atoms in total. The molecule has 0 aliphatic carbocycles. The number of aliphatic hydroxyl groups is 1. The first kappa shape index (κ1) is 13.3. The van der Waals surface area contributed by atoms with Crippen molar-refractivity contribution in [3.8, 4) is 11.6 Å². The Balaban J connectivity index is 2.18. The number of ether oxygens (including phenoxy) is 1. The summed E-state index contributed by atoms with van der Waals surface area (Å²) in [4.78, 5) is 4.12. The van der Waals surface area contributed by atoms with Crippen molar-refractivity contribution in [2.24, 2.45) is 0 Å². The van der Waals surface area contributed by atoms with Crippen molar-refractivity contribution in [1.82, 2.24) is 4.98 Å². The van der Waals surface area contributed by atoms with Gasteiger partial charge in [-0.15, -0.1) is 0 Å². The second kappa shape index (κ2) is 5.69. The van der Waals surface area contributed by atoms with Crippen molar-refractivity contribution >= 4 is 27.5 Å². The minimum Gasteiger partial charge on any atom is -0.438 e. The highest BCUT2D eigenvalue weighted by atomic mass is 79.9. The van der Waals surface area contributed by atoms with Gasteiger partial charge in [0.05, 0.1) is 10.6 Å². The van der Waals surface area contributed by atoms with Gasteiger partial charge in [0.15, 0.2) is 0 Å². The number of nitrogens with zero attached hydrogens (tertiary/aromatic N) is 1. The molecular formula is C13H11BrClNO2. The third-order valence-electron chi connectivity index (χ3n) is 2.35. The number of hydrogen-bond acceptors (Lipinski definition) is 3. The number of aromatic nitrogens is 1. The van der Waals surface area contributed by atoms with Gasteiger partial charge in [-0.3, -0.25) is 0 Å². The normalized spacial score (nSPS) is 12.2. The number of pyridine rings is 1. The van der Waals surface area contributed by atoms with Crippen LogP contribution in [0.2, 0.25) is 5.02 Å². The molecule has 1 aromatic heterocycles. The van der Waals surface area contributed by atoms with E-state index in [2.05, 4.69) is 20.9 Å². The Kier molecular flexibility index (Phi) is 4.22. The summed E-state index contributed by atoms with van der Waals surface area (Å²) in [7, 11) is 0. The number of halogens is 2. The van der Waals surface area contributed by atoms with Gasteiger partial charge in [-0.05, 0) is 52.7 Å². The first-order valence-corrected chi connectivity index (χ1v) is 6.50. The molecule has 1 heterocycles. The Hall–Kier alpha value is -1.10. The molecule has 0 amide bonds. The van der Waals surface area contributed by atoms with Crippen LogP contribution >= 0.6 is 27.5 Å². The van der Waals surface area contributed by atoms with Crippen LogP contribution in [0.3, 0.4) is 0 Å². The van der Waals surface area contributed by atoms with Crippen molar-refractivity contribution in [3.63, 3.8) is 0 Å². The Bertz CT molecular complexity index is 543. The van der Waals surface area contributed by atoms with Crippen LogP contribution in [0.4, 0.5) is 0 Å². The third kappa shape index (κ3) is 3.22. The Morgan fingerprint density at radius 2 is 2.11 bits per heavy atom. The quantitative estimate of drug-likeness (QED) is 0.911. The highest BCUT2D eigenvalue weighted by molar-refractivity contribution is 9.10. The van der Waals surface area contributed by atoms with E-state index >= 15 is 0 Å². The van der Waals surface area contributed by atoms with E-state index in [1.165, 1.54) is 0 Å². The van der Waals surface area contributed by atoms with Crippen molar-refractivity contribution in [2.45, 2.75) is 13.0 Å². The first-order valence-electron chi connectivity index (χ1n) is 5.33. The van der Waals surface area contributed by atoms with Crippen LogP contribution in [0, 0.1) is 0 Å². The molecule has 1 aromatic carbocycles. The topological polar surface area (TPSA) is 42.4 Å². The summed E-state index contributed by atoms with van der Waals surface area (Å²) in [6.07, 6.45) is 1.05. The molecule has 0 aliphatic rings. The van der Waals surface area contributed by atoms with Crippen LogP contribution in [0.25, 0.3) is 0 Å². The molecule has 5 heteroatoms. The molecule has 0 aliphatic heterocycles. The minimum atomic E-state index is -0.534. The highest BCUT2D eigenvalue weighted by Crippen LogP contribution is 2.31. The molecule has 1 atom stereocenters. The van der Waals surface area contributed by atoms with E-state index < -0.39 is 6.10 Å². The molecular weight excluding hydrogens is 318 g/mol. The zero-order valence-electron chi connectivity index (χ0n) is 9.60. The molecule has 94 valence electrons. The van der Waals surface area contributed by atoms with Gasteiger partial charge < -0.3 is 9.84 Å². The van der Waals surface area contributed by atoms with Crippen LogP contribution in [0.1, 0.15) is 18.6 Å². The molecule has 1 unspecified atom stereocenters. The van der Waals surface area contributed by atoms with Crippen LogP contribution in [0.5, 0.6) is 11.6 Å². The van der Waals surface area contributed by atoms with Crippen molar-refractivity contribution in [2.75, 3.05) is 0 Å². The highest BCUT2D eigenvalue weighted by Gasteiger charge is 2.06. The summed E-state index contributed by atoms with van der Waals surface area (Å²) in [5.41, 5.74) is 0.748. The molecule has 18 heavy (non-hydrogen) atoms. The fourth-order valence-electron chi connectivity index (χ4n) is 1.37. The maximum absolute atomic E-state index is 9.38. The van der Waals surface area contributed by atoms with E-state index in [-0.39, 0.29) is 0 Å². The number of aliphatic hydroxyl groups excluding tert-OH is 1. The maximum Gasteiger partial charge on any atom is 0.219 e. The van der Waals surface area contributed by atoms with E-state index in [4.69, 9.17) is 16.3 Å². The van der Waals surface area contributed by atoms with Crippen LogP contribution in [-0.2, 0) is 0 Å². The Morgan fingerprint density at radius 1 is 1.33 bits per heavy atom. The van der Waals surface area contributed by atoms with E-state index in [0.717, 1.165) is 10.0 Å². The average molecular weight is 329 g/mol. The molecule has 0 radical (unpaired) electrons. The van der Waals surface area contributed by atoms with Crippen LogP contribution < -0.4 is 4.74 Å². The summed E-state index contributed by atoms with van der Waals surface area (Å²) in [5, 5.41) is 10.0. The smallest absolute Gasteiger partial charge is 0.219 e. The standard InChI is InChI=1S/C13H11BrClNO2/c1-8(17)9-2-5-13(16-7-9)18-12-4-3-10(15)6-11(12)14/h2-8,17H,1H3. The summed E-state index contributed by atoms with van der Waals surface area (Å²) in [5.74, 6) is 1.10. The van der Waals surface area contributed by atoms with Crippen LogP contribution in [0.15, 0.2) is 41.0 Å². The van der Waals surface area contributed by atoms with Gasteiger partial charge in [0.1, 0.15) is 5.75 Å². The van der Waals surface area contributed by atoms with Crippen molar-refractivity contribution in [3.05, 3.63) is 51.6 Å². The lowest BCUT2D eigenvalue weighted by Crippen LogP contribution is -1.94. The molecule has 0 saturated carbocycles. The molecule has 0 saturated heterocycles. The first-order chi connectivity index (χ1) is 8.56. The maximum atomic E-state index is 9.38. The second-order valence-corrected chi connectivity index (χ2v) is 5.07. The van der Waals surface area contributed by atoms with Gasteiger partial charge >= 0.3 is 0 Å². The lowest BCUT2D eigenvalue weighted by Gasteiger charge is -2.08. The summed E-state index contributed by atoms with van der Waals surface area (Å²) in [6.45, 7) is 1.69. The predicted molar refractivity (Wildman–Crippen MR) is 74.1 cm³/mol. The van der Waals surface area contributed by atoms with Gasteiger partial charge in [-0.1, -0.05) is 11.6 Å². The van der Waals surface area contributed by atoms with E-state index in [1.54, 1.807) is 43.5 Å². The Morgan fingerprint density at radius 3 is 2.67 bits per heavy atom. The molecule has 0 spiro atoms. The Labute approximate surface area is 119 Å². The van der Waals surface area contributed by atoms with Crippen LogP contribution in [-0.4, -0.2) is 10.1 Å². The zero-order chi connectivity index (χ0) is 13.1. The number of hydrogen-bond donors (Lipinski definition) is 1. The van der Waals surface area contributed by atoms with E-state index in [0.29, 0.717) is 16.7 Å². The van der Waals surface area contributed by atoms with Gasteiger partial charge in [-0.25, -0.2) is 4.98 Å². The fourth-order valence-corrected chi connectivity index (χ4v) is 2.13. The zero-order valence-corrected chi connectivity index (χ0v) is 11.9. The van der Waals surface area contributed by atoms with E-state index in [1.807, 2.05) is 0 Å². The third-order valence-corrected chi connectivity index (χ3v) is 3.20. The molecule has 0 bridgehead atoms. The predicted octanol–water partition coefficient (Wildman–Crippen LogP) is 4.34. The number of benzene rings is 1. The SMILES string of the molecule is CC(O)c1ccc(Oc2ccc(Cl)cc2Br)nc1. The molecule has 1 N–H and O–H groups in total. The summed E-state index contributed by atoms with van der Waals surface area (Å²) < 4.78 is 6.36. The van der Waals surface area contributed by atoms with Gasteiger partial charge in [0.2, 0.25) is 5.88 Å². The van der Waals surface area contributed by atoms with Gasteiger partial charge in [0.25, 0.3) is 0 Å². The lowest BCUT2D eigenvalue weighted by atomic mass is 10.2. The van der Waals surface area contributed by atoms with Crippen molar-refractivity contribution < 1.29 is 9.84 Å².